The monoisotopic (exact) mass is 247 g/mol. The Kier molecular flexibility index (Phi) is 3.58. The van der Waals surface area contributed by atoms with E-state index in [9.17, 15) is 5.11 Å². The molecule has 0 aliphatic rings. The summed E-state index contributed by atoms with van der Waals surface area (Å²) in [5.74, 6) is 1.53. The first kappa shape index (κ1) is 12.5. The summed E-state index contributed by atoms with van der Waals surface area (Å²) >= 11 is 0. The molecular weight excluding hydrogens is 230 g/mol. The smallest absolute Gasteiger partial charge is 0.128 e. The van der Waals surface area contributed by atoms with Crippen LogP contribution in [0, 0.1) is 6.92 Å². The Bertz CT molecular complexity index is 546. The summed E-state index contributed by atoms with van der Waals surface area (Å²) in [5, 5.41) is 9.23. The Hall–Kier alpha value is -1.94. The Labute approximate surface area is 106 Å². The molecular formula is C14H17NO3. The van der Waals surface area contributed by atoms with Crippen LogP contribution in [0.5, 0.6) is 11.5 Å². The molecule has 18 heavy (non-hydrogen) atoms. The molecule has 2 rings (SSSR count). The number of aliphatic hydroxyl groups excluding tert-OH is 1. The topological polar surface area (TPSA) is 54.5 Å². The summed E-state index contributed by atoms with van der Waals surface area (Å²) in [6.07, 6.45) is 0. The molecule has 2 aromatic rings. The molecule has 0 aliphatic carbocycles. The van der Waals surface area contributed by atoms with Gasteiger partial charge in [-0.25, -0.2) is 0 Å². The van der Waals surface area contributed by atoms with Crippen LogP contribution in [0.3, 0.4) is 0 Å². The molecule has 0 amide bonds. The normalized spacial score (nSPS) is 10.4. The number of benzene rings is 1. The van der Waals surface area contributed by atoms with Gasteiger partial charge in [-0.3, -0.25) is 0 Å². The van der Waals surface area contributed by atoms with Gasteiger partial charge in [-0.15, -0.1) is 0 Å². The number of methoxy groups -OCH3 is 2. The van der Waals surface area contributed by atoms with Gasteiger partial charge in [0.25, 0.3) is 0 Å². The molecule has 1 aromatic carbocycles. The maximum atomic E-state index is 9.23. The molecule has 0 radical (unpaired) electrons. The highest BCUT2D eigenvalue weighted by Gasteiger charge is 2.11. The van der Waals surface area contributed by atoms with Gasteiger partial charge in [-0.1, -0.05) is 0 Å². The van der Waals surface area contributed by atoms with Crippen molar-refractivity contribution in [3.63, 3.8) is 0 Å². The molecule has 1 heterocycles. The Morgan fingerprint density at radius 3 is 2.50 bits per heavy atom. The Balaban J connectivity index is 2.53. The predicted octanol–water partition coefficient (Wildman–Crippen LogP) is 2.50. The zero-order chi connectivity index (χ0) is 13.1. The Morgan fingerprint density at radius 1 is 1.17 bits per heavy atom. The minimum atomic E-state index is 0.0224. The van der Waals surface area contributed by atoms with E-state index >= 15 is 0 Å². The molecule has 0 aliphatic heterocycles. The van der Waals surface area contributed by atoms with Crippen LogP contribution in [0.1, 0.15) is 11.3 Å². The zero-order valence-electron chi connectivity index (χ0n) is 10.8. The van der Waals surface area contributed by atoms with Crippen molar-refractivity contribution in [3.8, 4) is 22.8 Å². The highest BCUT2D eigenvalue weighted by atomic mass is 16.5. The highest BCUT2D eigenvalue weighted by Crippen LogP contribution is 2.33. The first-order chi connectivity index (χ1) is 8.69. The molecule has 0 spiro atoms. The van der Waals surface area contributed by atoms with Gasteiger partial charge in [0.15, 0.2) is 0 Å². The van der Waals surface area contributed by atoms with Crippen molar-refractivity contribution in [2.45, 2.75) is 13.5 Å². The van der Waals surface area contributed by atoms with Crippen molar-refractivity contribution >= 4 is 0 Å². The zero-order valence-corrected chi connectivity index (χ0v) is 10.8. The first-order valence-electron chi connectivity index (χ1n) is 5.71. The molecule has 0 unspecified atom stereocenters. The van der Waals surface area contributed by atoms with E-state index in [2.05, 4.69) is 4.98 Å². The minimum Gasteiger partial charge on any atom is -0.497 e. The molecule has 4 heteroatoms. The van der Waals surface area contributed by atoms with Crippen molar-refractivity contribution < 1.29 is 14.6 Å². The second-order valence-corrected chi connectivity index (χ2v) is 4.06. The van der Waals surface area contributed by atoms with Gasteiger partial charge < -0.3 is 19.6 Å². The fraction of sp³-hybridized carbons (Fsp3) is 0.286. The maximum absolute atomic E-state index is 9.23. The number of H-pyrrole nitrogens is 1. The van der Waals surface area contributed by atoms with E-state index < -0.39 is 0 Å². The van der Waals surface area contributed by atoms with Gasteiger partial charge in [-0.2, -0.15) is 0 Å². The van der Waals surface area contributed by atoms with Crippen LogP contribution in [0.4, 0.5) is 0 Å². The third kappa shape index (κ3) is 2.19. The maximum Gasteiger partial charge on any atom is 0.128 e. The number of nitrogens with one attached hydrogen (secondary N) is 1. The lowest BCUT2D eigenvalue weighted by atomic mass is 10.1. The van der Waals surface area contributed by atoms with Crippen molar-refractivity contribution in [1.29, 1.82) is 0 Å². The summed E-state index contributed by atoms with van der Waals surface area (Å²) < 4.78 is 10.6. The van der Waals surface area contributed by atoms with Crippen LogP contribution >= 0.6 is 0 Å². The molecule has 0 atom stereocenters. The molecule has 96 valence electrons. The van der Waals surface area contributed by atoms with E-state index in [1.54, 1.807) is 14.2 Å². The number of aliphatic hydroxyl groups is 1. The first-order valence-corrected chi connectivity index (χ1v) is 5.71. The van der Waals surface area contributed by atoms with Crippen LogP contribution in [-0.2, 0) is 6.61 Å². The van der Waals surface area contributed by atoms with Gasteiger partial charge in [0.2, 0.25) is 0 Å². The van der Waals surface area contributed by atoms with E-state index in [0.717, 1.165) is 34.0 Å². The summed E-state index contributed by atoms with van der Waals surface area (Å²) in [7, 11) is 3.26. The third-order valence-electron chi connectivity index (χ3n) is 2.99. The number of aromatic nitrogens is 1. The van der Waals surface area contributed by atoms with Crippen LogP contribution in [0.25, 0.3) is 11.3 Å². The molecule has 0 saturated carbocycles. The number of hydrogen-bond donors (Lipinski definition) is 2. The van der Waals surface area contributed by atoms with E-state index in [-0.39, 0.29) is 6.61 Å². The highest BCUT2D eigenvalue weighted by molar-refractivity contribution is 5.70. The van der Waals surface area contributed by atoms with Crippen LogP contribution in [-0.4, -0.2) is 24.3 Å². The predicted molar refractivity (Wildman–Crippen MR) is 70.0 cm³/mol. The van der Waals surface area contributed by atoms with Crippen molar-refractivity contribution in [2.24, 2.45) is 0 Å². The molecule has 2 N–H and O–H groups in total. The molecule has 0 fully saturated rings. The lowest BCUT2D eigenvalue weighted by Gasteiger charge is -2.09. The van der Waals surface area contributed by atoms with Crippen LogP contribution in [0.2, 0.25) is 0 Å². The number of aryl methyl sites for hydroxylation is 1. The van der Waals surface area contributed by atoms with E-state index in [1.165, 1.54) is 0 Å². The average molecular weight is 247 g/mol. The third-order valence-corrected chi connectivity index (χ3v) is 2.99. The summed E-state index contributed by atoms with van der Waals surface area (Å²) in [4.78, 5) is 3.24. The van der Waals surface area contributed by atoms with Crippen molar-refractivity contribution in [2.75, 3.05) is 14.2 Å². The number of ether oxygens (including phenoxy) is 2. The summed E-state index contributed by atoms with van der Waals surface area (Å²) in [5.41, 5.74) is 3.67. The minimum absolute atomic E-state index is 0.0224. The largest absolute Gasteiger partial charge is 0.497 e. The number of hydrogen-bond acceptors (Lipinski definition) is 3. The van der Waals surface area contributed by atoms with Crippen LogP contribution in [0.15, 0.2) is 24.3 Å². The van der Waals surface area contributed by atoms with Gasteiger partial charge in [-0.05, 0) is 36.8 Å². The molecule has 1 aromatic heterocycles. The fourth-order valence-corrected chi connectivity index (χ4v) is 1.93. The SMILES string of the molecule is COc1ccc(OC)c(-c2cc(CO)c(C)[nH]2)c1. The lowest BCUT2D eigenvalue weighted by molar-refractivity contribution is 0.281. The van der Waals surface area contributed by atoms with Crippen molar-refractivity contribution in [3.05, 3.63) is 35.5 Å². The number of rotatable bonds is 4. The van der Waals surface area contributed by atoms with Gasteiger partial charge in [0, 0.05) is 17.0 Å². The van der Waals surface area contributed by atoms with E-state index in [4.69, 9.17) is 9.47 Å². The van der Waals surface area contributed by atoms with E-state index in [0.29, 0.717) is 0 Å². The number of aromatic amines is 1. The van der Waals surface area contributed by atoms with Gasteiger partial charge in [0.1, 0.15) is 11.5 Å². The quantitative estimate of drug-likeness (QED) is 0.872. The molecule has 0 bridgehead atoms. The van der Waals surface area contributed by atoms with Crippen LogP contribution < -0.4 is 9.47 Å². The standard InChI is InChI=1S/C14H17NO3/c1-9-10(8-16)6-13(15-9)12-7-11(17-2)4-5-14(12)18-3/h4-7,15-16H,8H2,1-3H3. The lowest BCUT2D eigenvalue weighted by Crippen LogP contribution is -1.90. The van der Waals surface area contributed by atoms with Crippen molar-refractivity contribution in [1.82, 2.24) is 4.98 Å². The molecule has 0 saturated heterocycles. The second-order valence-electron chi connectivity index (χ2n) is 4.06. The summed E-state index contributed by atoms with van der Waals surface area (Å²) in [6.45, 7) is 1.95. The second kappa shape index (κ2) is 5.14. The van der Waals surface area contributed by atoms with Gasteiger partial charge >= 0.3 is 0 Å². The Morgan fingerprint density at radius 2 is 1.94 bits per heavy atom. The molecule has 4 nitrogen and oxygen atoms in total. The average Bonchev–Trinajstić information content (AvgIpc) is 2.79. The summed E-state index contributed by atoms with van der Waals surface area (Å²) in [6, 6.07) is 7.55. The fourth-order valence-electron chi connectivity index (χ4n) is 1.93. The van der Waals surface area contributed by atoms with E-state index in [1.807, 2.05) is 31.2 Å². The van der Waals surface area contributed by atoms with Gasteiger partial charge in [0.05, 0.1) is 20.8 Å².